The number of aromatic nitrogens is 3. The van der Waals surface area contributed by atoms with Crippen molar-refractivity contribution in [3.63, 3.8) is 0 Å². The molecule has 2 saturated carbocycles. The van der Waals surface area contributed by atoms with Gasteiger partial charge in [-0.2, -0.15) is 0 Å². The van der Waals surface area contributed by atoms with Crippen molar-refractivity contribution in [2.45, 2.75) is 62.9 Å². The van der Waals surface area contributed by atoms with Crippen molar-refractivity contribution in [2.75, 3.05) is 5.32 Å². The first kappa shape index (κ1) is 28.6. The lowest BCUT2D eigenvalue weighted by Gasteiger charge is -2.40. The third kappa shape index (κ3) is 4.90. The van der Waals surface area contributed by atoms with Crippen molar-refractivity contribution >= 4 is 45.3 Å². The highest BCUT2D eigenvalue weighted by molar-refractivity contribution is 6.06. The molecule has 5 aromatic rings. The molecule has 10 nitrogen and oxygen atoms in total. The van der Waals surface area contributed by atoms with E-state index in [1.54, 1.807) is 52.7 Å². The number of carbonyl (C=O) groups excluding carboxylic acids is 2. The lowest BCUT2D eigenvalue weighted by Crippen LogP contribution is -2.61. The minimum Gasteiger partial charge on any atom is -0.477 e. The minimum atomic E-state index is -1.08. The van der Waals surface area contributed by atoms with Crippen LogP contribution in [-0.2, 0) is 11.8 Å². The molecule has 2 amide bonds. The van der Waals surface area contributed by atoms with Crippen LogP contribution >= 0.6 is 0 Å². The maximum absolute atomic E-state index is 13.9. The summed E-state index contributed by atoms with van der Waals surface area (Å²) in [5.41, 5.74) is 2.05. The number of aryl methyl sites for hydroxylation is 1. The van der Waals surface area contributed by atoms with Crippen LogP contribution in [0.15, 0.2) is 77.6 Å². The van der Waals surface area contributed by atoms with Crippen LogP contribution in [0.5, 0.6) is 0 Å². The van der Waals surface area contributed by atoms with E-state index < -0.39 is 17.4 Å². The zero-order valence-corrected chi connectivity index (χ0v) is 25.1. The van der Waals surface area contributed by atoms with E-state index in [9.17, 15) is 24.3 Å². The number of carboxylic acid groups (broad SMARTS) is 1. The number of para-hydroxylation sites is 1. The SMILES string of the molecule is Cn1c(C(=O)O)cc2cc(NC(=O)C3(NC(=O)c4ccc5c(c4)c(=O)n(-c4ccccc4)n5C4CCCCC4)CCC3)ccc21. The Labute approximate surface area is 259 Å². The Morgan fingerprint density at radius 3 is 2.29 bits per heavy atom. The fourth-order valence-corrected chi connectivity index (χ4v) is 6.98. The van der Waals surface area contributed by atoms with E-state index in [2.05, 4.69) is 15.3 Å². The lowest BCUT2D eigenvalue weighted by molar-refractivity contribution is -0.125. The summed E-state index contributed by atoms with van der Waals surface area (Å²) in [7, 11) is 1.68. The summed E-state index contributed by atoms with van der Waals surface area (Å²) in [6.45, 7) is 0. The van der Waals surface area contributed by atoms with E-state index in [1.165, 1.54) is 6.42 Å². The van der Waals surface area contributed by atoms with Crippen LogP contribution in [0.4, 0.5) is 5.69 Å². The number of benzene rings is 3. The van der Waals surface area contributed by atoms with Gasteiger partial charge in [0.1, 0.15) is 11.2 Å². The number of aromatic carboxylic acids is 1. The summed E-state index contributed by atoms with van der Waals surface area (Å²) in [5.74, 6) is -1.77. The van der Waals surface area contributed by atoms with Crippen molar-refractivity contribution < 1.29 is 19.5 Å². The number of nitrogens with zero attached hydrogens (tertiary/aromatic N) is 3. The molecule has 2 heterocycles. The van der Waals surface area contributed by atoms with E-state index in [0.29, 0.717) is 34.9 Å². The molecule has 0 saturated heterocycles. The molecular weight excluding hydrogens is 570 g/mol. The number of hydrogen-bond donors (Lipinski definition) is 3. The van der Waals surface area contributed by atoms with Gasteiger partial charge in [0.25, 0.3) is 11.5 Å². The van der Waals surface area contributed by atoms with Gasteiger partial charge in [0, 0.05) is 29.2 Å². The topological polar surface area (TPSA) is 127 Å². The Morgan fingerprint density at radius 1 is 0.867 bits per heavy atom. The molecule has 0 spiro atoms. The fourth-order valence-electron chi connectivity index (χ4n) is 6.98. The van der Waals surface area contributed by atoms with E-state index in [-0.39, 0.29) is 23.2 Å². The maximum atomic E-state index is 13.9. The number of rotatable bonds is 7. The molecule has 0 atom stereocenters. The van der Waals surface area contributed by atoms with Crippen LogP contribution in [0.2, 0.25) is 0 Å². The second-order valence-electron chi connectivity index (χ2n) is 12.3. The average molecular weight is 606 g/mol. The van der Waals surface area contributed by atoms with Gasteiger partial charge >= 0.3 is 5.97 Å². The highest BCUT2D eigenvalue weighted by Gasteiger charge is 2.45. The zero-order valence-electron chi connectivity index (χ0n) is 25.1. The number of carboxylic acids is 1. The maximum Gasteiger partial charge on any atom is 0.352 e. The zero-order chi connectivity index (χ0) is 31.3. The van der Waals surface area contributed by atoms with Crippen molar-refractivity contribution in [3.05, 3.63) is 94.4 Å². The largest absolute Gasteiger partial charge is 0.477 e. The quantitative estimate of drug-likeness (QED) is 0.217. The summed E-state index contributed by atoms with van der Waals surface area (Å²) in [6.07, 6.45) is 7.17. The van der Waals surface area contributed by atoms with Crippen LogP contribution < -0.4 is 16.2 Å². The molecule has 3 N–H and O–H groups in total. The summed E-state index contributed by atoms with van der Waals surface area (Å²) >= 11 is 0. The summed E-state index contributed by atoms with van der Waals surface area (Å²) in [4.78, 5) is 52.7. The van der Waals surface area contributed by atoms with E-state index in [0.717, 1.165) is 48.8 Å². The molecule has 3 aromatic carbocycles. The second-order valence-corrected chi connectivity index (χ2v) is 12.3. The van der Waals surface area contributed by atoms with Crippen molar-refractivity contribution in [1.82, 2.24) is 19.2 Å². The molecule has 2 aromatic heterocycles. The molecule has 2 fully saturated rings. The van der Waals surface area contributed by atoms with Gasteiger partial charge in [-0.05, 0) is 86.7 Å². The second kappa shape index (κ2) is 11.1. The first-order valence-electron chi connectivity index (χ1n) is 15.6. The summed E-state index contributed by atoms with van der Waals surface area (Å²) in [5, 5.41) is 16.5. The van der Waals surface area contributed by atoms with Gasteiger partial charge in [-0.25, -0.2) is 9.48 Å². The van der Waals surface area contributed by atoms with Crippen LogP contribution in [0.3, 0.4) is 0 Å². The van der Waals surface area contributed by atoms with Crippen molar-refractivity contribution in [2.24, 2.45) is 7.05 Å². The Morgan fingerprint density at radius 2 is 1.60 bits per heavy atom. The first-order chi connectivity index (χ1) is 21.8. The molecule has 0 bridgehead atoms. The van der Waals surface area contributed by atoms with Gasteiger partial charge in [-0.15, -0.1) is 0 Å². The minimum absolute atomic E-state index is 0.151. The Bertz CT molecular complexity index is 2030. The molecule has 0 aliphatic heterocycles. The van der Waals surface area contributed by atoms with Crippen LogP contribution in [-0.4, -0.2) is 42.4 Å². The fraction of sp³-hybridized carbons (Fsp3) is 0.314. The number of carbonyl (C=O) groups is 3. The standard InChI is InChI=1S/C35H35N5O5/c1-38-28-16-14-24(19-23(28)21-30(38)33(43)44)36-34(45)35(17-8-18-35)37-31(41)22-13-15-29-27(20-22)32(42)40(26-11-6-3-7-12-26)39(29)25-9-4-2-5-10-25/h3,6-7,11-16,19-21,25H,2,4-5,8-10,17-18H2,1H3,(H,36,45)(H,37,41)(H,43,44). The van der Waals surface area contributed by atoms with Crippen LogP contribution in [0.25, 0.3) is 27.5 Å². The van der Waals surface area contributed by atoms with Gasteiger partial charge in [-0.3, -0.25) is 19.1 Å². The Kier molecular flexibility index (Phi) is 7.07. The number of amides is 2. The Balaban J connectivity index is 1.17. The first-order valence-corrected chi connectivity index (χ1v) is 15.6. The summed E-state index contributed by atoms with van der Waals surface area (Å²) in [6, 6.07) is 21.8. The molecule has 2 aliphatic carbocycles. The van der Waals surface area contributed by atoms with Gasteiger partial charge in [0.2, 0.25) is 5.91 Å². The molecule has 230 valence electrons. The highest BCUT2D eigenvalue weighted by atomic mass is 16.4. The lowest BCUT2D eigenvalue weighted by atomic mass is 9.75. The molecule has 45 heavy (non-hydrogen) atoms. The molecule has 10 heteroatoms. The van der Waals surface area contributed by atoms with Gasteiger partial charge in [0.05, 0.1) is 22.6 Å². The normalized spacial score (nSPS) is 16.4. The monoisotopic (exact) mass is 605 g/mol. The molecular formula is C35H35N5O5. The molecule has 2 aliphatic rings. The smallest absolute Gasteiger partial charge is 0.352 e. The predicted octanol–water partition coefficient (Wildman–Crippen LogP) is 5.78. The number of anilines is 1. The highest BCUT2D eigenvalue weighted by Crippen LogP contribution is 2.35. The third-order valence-corrected chi connectivity index (χ3v) is 9.58. The van der Waals surface area contributed by atoms with Gasteiger partial charge in [0.15, 0.2) is 0 Å². The van der Waals surface area contributed by atoms with E-state index in [1.807, 2.05) is 36.4 Å². The van der Waals surface area contributed by atoms with E-state index >= 15 is 0 Å². The molecule has 0 unspecified atom stereocenters. The van der Waals surface area contributed by atoms with Gasteiger partial charge in [-0.1, -0.05) is 37.5 Å². The Hall–Kier alpha value is -5.12. The van der Waals surface area contributed by atoms with Crippen molar-refractivity contribution in [1.29, 1.82) is 0 Å². The number of fused-ring (bicyclic) bond motifs is 2. The van der Waals surface area contributed by atoms with Gasteiger partial charge < -0.3 is 20.3 Å². The van der Waals surface area contributed by atoms with Crippen LogP contribution in [0, 0.1) is 0 Å². The number of hydrogen-bond acceptors (Lipinski definition) is 4. The predicted molar refractivity (Wildman–Crippen MR) is 172 cm³/mol. The summed E-state index contributed by atoms with van der Waals surface area (Å²) < 4.78 is 5.44. The van der Waals surface area contributed by atoms with Crippen molar-refractivity contribution in [3.8, 4) is 5.69 Å². The third-order valence-electron chi connectivity index (χ3n) is 9.58. The molecule has 0 radical (unpaired) electrons. The number of nitrogens with one attached hydrogen (secondary N) is 2. The van der Waals surface area contributed by atoms with Crippen LogP contribution in [0.1, 0.15) is 78.3 Å². The van der Waals surface area contributed by atoms with E-state index in [4.69, 9.17) is 0 Å². The molecule has 7 rings (SSSR count). The average Bonchev–Trinajstić information content (AvgIpc) is 3.52.